The second-order valence-electron chi connectivity index (χ2n) is 7.29. The van der Waals surface area contributed by atoms with Gasteiger partial charge in [-0.2, -0.15) is 0 Å². The van der Waals surface area contributed by atoms with Crippen molar-refractivity contribution in [2.75, 3.05) is 13.1 Å². The molecule has 3 rings (SSSR count). The first-order chi connectivity index (χ1) is 9.95. The van der Waals surface area contributed by atoms with E-state index in [-0.39, 0.29) is 0 Å². The predicted molar refractivity (Wildman–Crippen MR) is 87.9 cm³/mol. The molecular formula is C17H28N2OS. The molecule has 0 amide bonds. The first kappa shape index (κ1) is 15.4. The van der Waals surface area contributed by atoms with E-state index in [1.165, 1.54) is 49.4 Å². The summed E-state index contributed by atoms with van der Waals surface area (Å²) in [4.78, 5) is 8.59. The van der Waals surface area contributed by atoms with E-state index in [9.17, 15) is 5.11 Å². The Bertz CT molecular complexity index is 487. The highest BCUT2D eigenvalue weighted by molar-refractivity contribution is 7.11. The third-order valence-corrected chi connectivity index (χ3v) is 6.21. The number of aromatic nitrogens is 1. The molecule has 3 nitrogen and oxygen atoms in total. The van der Waals surface area contributed by atoms with Crippen molar-refractivity contribution < 1.29 is 5.11 Å². The second-order valence-corrected chi connectivity index (χ2v) is 8.37. The molecule has 1 unspecified atom stereocenters. The lowest BCUT2D eigenvalue weighted by Crippen LogP contribution is -2.38. The lowest BCUT2D eigenvalue weighted by atomic mass is 10.0. The molecule has 4 heteroatoms. The van der Waals surface area contributed by atoms with Crippen molar-refractivity contribution in [3.05, 3.63) is 15.6 Å². The molecule has 1 atom stereocenters. The first-order valence-electron chi connectivity index (χ1n) is 8.41. The highest BCUT2D eigenvalue weighted by Gasteiger charge is 2.34. The molecule has 1 N–H and O–H groups in total. The Hall–Kier alpha value is -0.450. The number of likely N-dealkylation sites (tertiary alicyclic amines) is 1. The Labute approximate surface area is 132 Å². The van der Waals surface area contributed by atoms with Crippen molar-refractivity contribution in [1.82, 2.24) is 9.88 Å². The number of aliphatic hydroxyl groups is 1. The summed E-state index contributed by atoms with van der Waals surface area (Å²) in [6.07, 6.45) is 7.57. The molecule has 2 aliphatic rings. The van der Waals surface area contributed by atoms with Gasteiger partial charge in [0.15, 0.2) is 0 Å². The summed E-state index contributed by atoms with van der Waals surface area (Å²) in [5, 5.41) is 11.6. The van der Waals surface area contributed by atoms with Crippen LogP contribution >= 0.6 is 11.3 Å². The van der Waals surface area contributed by atoms with Crippen LogP contribution in [0, 0.1) is 0 Å². The van der Waals surface area contributed by atoms with Crippen LogP contribution in [0.1, 0.15) is 74.4 Å². The zero-order chi connectivity index (χ0) is 15.0. The highest BCUT2D eigenvalue weighted by atomic mass is 32.1. The number of hydrogen-bond donors (Lipinski definition) is 1. The van der Waals surface area contributed by atoms with Crippen LogP contribution < -0.4 is 0 Å². The van der Waals surface area contributed by atoms with Gasteiger partial charge in [0.1, 0.15) is 0 Å². The SMILES string of the molecule is CC1CCCCN1CCc1nc(C2CC2)c(C(C)(C)O)s1. The fourth-order valence-electron chi connectivity index (χ4n) is 3.29. The largest absolute Gasteiger partial charge is 0.385 e. The number of nitrogens with zero attached hydrogens (tertiary/aromatic N) is 2. The van der Waals surface area contributed by atoms with E-state index in [1.807, 2.05) is 13.8 Å². The molecule has 2 heterocycles. The summed E-state index contributed by atoms with van der Waals surface area (Å²) in [6.45, 7) is 8.48. The van der Waals surface area contributed by atoms with E-state index in [4.69, 9.17) is 4.98 Å². The van der Waals surface area contributed by atoms with E-state index >= 15 is 0 Å². The summed E-state index contributed by atoms with van der Waals surface area (Å²) < 4.78 is 0. The molecule has 0 radical (unpaired) electrons. The van der Waals surface area contributed by atoms with Gasteiger partial charge in [-0.1, -0.05) is 6.42 Å². The van der Waals surface area contributed by atoms with Crippen LogP contribution in [0.5, 0.6) is 0 Å². The lowest BCUT2D eigenvalue weighted by Gasteiger charge is -2.33. The van der Waals surface area contributed by atoms with E-state index in [0.29, 0.717) is 5.92 Å². The van der Waals surface area contributed by atoms with Crippen molar-refractivity contribution in [2.45, 2.75) is 76.9 Å². The molecule has 1 aliphatic heterocycles. The van der Waals surface area contributed by atoms with Gasteiger partial charge in [0, 0.05) is 24.9 Å². The van der Waals surface area contributed by atoms with Crippen molar-refractivity contribution in [1.29, 1.82) is 0 Å². The molecule has 0 bridgehead atoms. The Kier molecular flexibility index (Phi) is 4.40. The second kappa shape index (κ2) is 5.98. The fraction of sp³-hybridized carbons (Fsp3) is 0.824. The standard InChI is InChI=1S/C17H28N2OS/c1-12-6-4-5-10-19(12)11-9-14-18-15(13-7-8-13)16(21-14)17(2,3)20/h12-13,20H,4-11H2,1-3H3. The van der Waals surface area contributed by atoms with Crippen LogP contribution in [0.4, 0.5) is 0 Å². The normalized spacial score (nSPS) is 24.5. The molecule has 0 aromatic carbocycles. The summed E-state index contributed by atoms with van der Waals surface area (Å²) in [7, 11) is 0. The molecule has 1 saturated heterocycles. The molecule has 0 spiro atoms. The van der Waals surface area contributed by atoms with Crippen LogP contribution in [-0.4, -0.2) is 34.1 Å². The molecule has 1 saturated carbocycles. The average molecular weight is 308 g/mol. The Morgan fingerprint density at radius 1 is 1.29 bits per heavy atom. The third-order valence-electron chi connectivity index (χ3n) is 4.77. The lowest BCUT2D eigenvalue weighted by molar-refractivity contribution is 0.0813. The van der Waals surface area contributed by atoms with Crippen LogP contribution in [-0.2, 0) is 12.0 Å². The van der Waals surface area contributed by atoms with Gasteiger partial charge in [-0.05, 0) is 53.0 Å². The van der Waals surface area contributed by atoms with Crippen molar-refractivity contribution >= 4 is 11.3 Å². The Morgan fingerprint density at radius 2 is 2.05 bits per heavy atom. The molecule has 2 fully saturated rings. The summed E-state index contributed by atoms with van der Waals surface area (Å²) >= 11 is 1.74. The van der Waals surface area contributed by atoms with Gasteiger partial charge in [0.25, 0.3) is 0 Å². The third kappa shape index (κ3) is 3.66. The van der Waals surface area contributed by atoms with Gasteiger partial charge in [0.2, 0.25) is 0 Å². The van der Waals surface area contributed by atoms with E-state index in [0.717, 1.165) is 23.9 Å². The maximum absolute atomic E-state index is 10.4. The molecule has 1 aromatic rings. The monoisotopic (exact) mass is 308 g/mol. The van der Waals surface area contributed by atoms with E-state index in [2.05, 4.69) is 11.8 Å². The Balaban J connectivity index is 1.68. The zero-order valence-corrected chi connectivity index (χ0v) is 14.4. The minimum atomic E-state index is -0.744. The zero-order valence-electron chi connectivity index (χ0n) is 13.6. The van der Waals surface area contributed by atoms with Crippen LogP contribution in [0.15, 0.2) is 0 Å². The van der Waals surface area contributed by atoms with E-state index < -0.39 is 5.60 Å². The maximum atomic E-state index is 10.4. The smallest absolute Gasteiger partial charge is 0.0951 e. The van der Waals surface area contributed by atoms with Crippen LogP contribution in [0.25, 0.3) is 0 Å². The molecular weight excluding hydrogens is 280 g/mol. The predicted octanol–water partition coefficient (Wildman–Crippen LogP) is 3.66. The van der Waals surface area contributed by atoms with Gasteiger partial charge >= 0.3 is 0 Å². The number of rotatable bonds is 5. The Morgan fingerprint density at radius 3 is 2.67 bits per heavy atom. The quantitative estimate of drug-likeness (QED) is 0.901. The van der Waals surface area contributed by atoms with Crippen LogP contribution in [0.2, 0.25) is 0 Å². The van der Waals surface area contributed by atoms with Gasteiger partial charge < -0.3 is 10.0 Å². The van der Waals surface area contributed by atoms with Crippen molar-refractivity contribution in [2.24, 2.45) is 0 Å². The first-order valence-corrected chi connectivity index (χ1v) is 9.23. The summed E-state index contributed by atoms with van der Waals surface area (Å²) in [5.74, 6) is 0.616. The average Bonchev–Trinajstić information content (AvgIpc) is 3.17. The number of thiazole rings is 1. The van der Waals surface area contributed by atoms with E-state index in [1.54, 1.807) is 11.3 Å². The number of piperidine rings is 1. The highest BCUT2D eigenvalue weighted by Crippen LogP contribution is 2.45. The molecule has 118 valence electrons. The fourth-order valence-corrected chi connectivity index (χ4v) is 4.43. The number of hydrogen-bond acceptors (Lipinski definition) is 4. The molecule has 1 aliphatic carbocycles. The van der Waals surface area contributed by atoms with Gasteiger partial charge in [-0.15, -0.1) is 11.3 Å². The van der Waals surface area contributed by atoms with Gasteiger partial charge in [-0.25, -0.2) is 4.98 Å². The molecule has 21 heavy (non-hydrogen) atoms. The summed E-state index contributed by atoms with van der Waals surface area (Å²) in [5.41, 5.74) is 0.445. The molecule has 1 aromatic heterocycles. The maximum Gasteiger partial charge on any atom is 0.0951 e. The minimum Gasteiger partial charge on any atom is -0.385 e. The topological polar surface area (TPSA) is 36.4 Å². The van der Waals surface area contributed by atoms with Crippen LogP contribution in [0.3, 0.4) is 0 Å². The van der Waals surface area contributed by atoms with Crippen molar-refractivity contribution in [3.8, 4) is 0 Å². The minimum absolute atomic E-state index is 0.616. The van der Waals surface area contributed by atoms with Crippen molar-refractivity contribution in [3.63, 3.8) is 0 Å². The summed E-state index contributed by atoms with van der Waals surface area (Å²) in [6, 6.07) is 0.718. The van der Waals surface area contributed by atoms with Gasteiger partial charge in [0.05, 0.1) is 21.2 Å². The van der Waals surface area contributed by atoms with Gasteiger partial charge in [-0.3, -0.25) is 0 Å².